The van der Waals surface area contributed by atoms with Gasteiger partial charge in [0.1, 0.15) is 6.10 Å². The number of aromatic nitrogens is 2. The number of halogens is 4. The van der Waals surface area contributed by atoms with Crippen LogP contribution in [-0.2, 0) is 17.4 Å². The van der Waals surface area contributed by atoms with Crippen molar-refractivity contribution in [1.82, 2.24) is 19.8 Å². The maximum Gasteiger partial charge on any atom is 0.417 e. The Balaban J connectivity index is 1.16. The van der Waals surface area contributed by atoms with E-state index in [2.05, 4.69) is 14.9 Å². The van der Waals surface area contributed by atoms with Gasteiger partial charge in [0.15, 0.2) is 0 Å². The number of hydrogen-bond donors (Lipinski definition) is 0. The topological polar surface area (TPSA) is 58.6 Å². The van der Waals surface area contributed by atoms with Crippen LogP contribution in [0.3, 0.4) is 0 Å². The Hall–Kier alpha value is -2.39. The SMILES string of the molecule is O=C(Cc1ccc(Cl)c(C(F)(F)F)c1)N1CCN2C[C@H](Oc3cnc(C4CC4)cn3)C[C@H]2C1. The molecule has 1 amide bonds. The van der Waals surface area contributed by atoms with Gasteiger partial charge in [-0.05, 0) is 30.5 Å². The minimum Gasteiger partial charge on any atom is -0.472 e. The molecule has 2 aromatic rings. The summed E-state index contributed by atoms with van der Waals surface area (Å²) >= 11 is 5.68. The Bertz CT molecular complexity index is 1030. The van der Waals surface area contributed by atoms with E-state index in [-0.39, 0.29) is 29.5 Å². The number of benzene rings is 1. The summed E-state index contributed by atoms with van der Waals surface area (Å²) in [6.07, 6.45) is 1.90. The highest BCUT2D eigenvalue weighted by molar-refractivity contribution is 6.31. The molecule has 33 heavy (non-hydrogen) atoms. The Labute approximate surface area is 194 Å². The van der Waals surface area contributed by atoms with Gasteiger partial charge in [0.25, 0.3) is 0 Å². The van der Waals surface area contributed by atoms with E-state index < -0.39 is 11.7 Å². The monoisotopic (exact) mass is 480 g/mol. The summed E-state index contributed by atoms with van der Waals surface area (Å²) in [4.78, 5) is 25.7. The van der Waals surface area contributed by atoms with Gasteiger partial charge in [-0.2, -0.15) is 13.2 Å². The molecule has 2 atom stereocenters. The molecule has 3 fully saturated rings. The van der Waals surface area contributed by atoms with Crippen molar-refractivity contribution in [2.45, 2.75) is 49.9 Å². The van der Waals surface area contributed by atoms with Gasteiger partial charge in [-0.1, -0.05) is 17.7 Å². The zero-order valence-corrected chi connectivity index (χ0v) is 18.6. The summed E-state index contributed by atoms with van der Waals surface area (Å²) in [6, 6.07) is 3.79. The number of amides is 1. The van der Waals surface area contributed by atoms with Gasteiger partial charge in [-0.15, -0.1) is 0 Å². The van der Waals surface area contributed by atoms with E-state index in [1.54, 1.807) is 17.3 Å². The van der Waals surface area contributed by atoms with Crippen LogP contribution in [0.1, 0.15) is 42.0 Å². The molecule has 1 aromatic heterocycles. The number of rotatable bonds is 5. The van der Waals surface area contributed by atoms with Gasteiger partial charge in [0.2, 0.25) is 11.8 Å². The van der Waals surface area contributed by atoms with E-state index in [1.165, 1.54) is 25.0 Å². The minimum absolute atomic E-state index is 0.0308. The molecule has 0 N–H and O–H groups in total. The summed E-state index contributed by atoms with van der Waals surface area (Å²) in [6.45, 7) is 2.53. The van der Waals surface area contributed by atoms with Crippen LogP contribution in [-0.4, -0.2) is 64.0 Å². The molecule has 10 heteroatoms. The Morgan fingerprint density at radius 1 is 1.15 bits per heavy atom. The number of hydrogen-bond acceptors (Lipinski definition) is 5. The Kier molecular flexibility index (Phi) is 5.95. The zero-order chi connectivity index (χ0) is 23.2. The van der Waals surface area contributed by atoms with Crippen LogP contribution in [0.5, 0.6) is 5.88 Å². The predicted octanol–water partition coefficient (Wildman–Crippen LogP) is 3.93. The molecule has 1 saturated carbocycles. The highest BCUT2D eigenvalue weighted by Crippen LogP contribution is 2.39. The number of ether oxygens (including phenoxy) is 1. The normalized spacial score (nSPS) is 23.5. The van der Waals surface area contributed by atoms with Gasteiger partial charge in [0, 0.05) is 44.6 Å². The molecule has 3 aliphatic rings. The summed E-state index contributed by atoms with van der Waals surface area (Å²) < 4.78 is 45.4. The number of carbonyl (C=O) groups is 1. The molecule has 3 heterocycles. The quantitative estimate of drug-likeness (QED) is 0.649. The summed E-state index contributed by atoms with van der Waals surface area (Å²) in [5, 5.41) is -0.365. The third kappa shape index (κ3) is 5.09. The molecular formula is C23H24ClF3N4O2. The number of piperazine rings is 1. The van der Waals surface area contributed by atoms with Crippen molar-refractivity contribution in [3.05, 3.63) is 52.4 Å². The highest BCUT2D eigenvalue weighted by atomic mass is 35.5. The molecule has 2 saturated heterocycles. The smallest absolute Gasteiger partial charge is 0.417 e. The van der Waals surface area contributed by atoms with Gasteiger partial charge in [0.05, 0.1) is 35.1 Å². The molecule has 1 aliphatic carbocycles. The predicted molar refractivity (Wildman–Crippen MR) is 115 cm³/mol. The number of fused-ring (bicyclic) bond motifs is 1. The Morgan fingerprint density at radius 2 is 1.97 bits per heavy atom. The lowest BCUT2D eigenvalue weighted by Gasteiger charge is -2.37. The van der Waals surface area contributed by atoms with E-state index in [9.17, 15) is 18.0 Å². The molecule has 0 bridgehead atoms. The molecule has 6 nitrogen and oxygen atoms in total. The van der Waals surface area contributed by atoms with Crippen molar-refractivity contribution in [3.63, 3.8) is 0 Å². The lowest BCUT2D eigenvalue weighted by molar-refractivity contribution is -0.138. The van der Waals surface area contributed by atoms with Crippen LogP contribution in [0, 0.1) is 0 Å². The third-order valence-corrected chi connectivity index (χ3v) is 6.88. The fraction of sp³-hybridized carbons (Fsp3) is 0.522. The fourth-order valence-corrected chi connectivity index (χ4v) is 4.87. The third-order valence-electron chi connectivity index (χ3n) is 6.55. The lowest BCUT2D eigenvalue weighted by atomic mass is 10.1. The molecule has 176 valence electrons. The first-order valence-electron chi connectivity index (χ1n) is 11.1. The molecule has 0 spiro atoms. The first-order chi connectivity index (χ1) is 15.8. The van der Waals surface area contributed by atoms with Crippen molar-refractivity contribution in [2.75, 3.05) is 26.2 Å². The van der Waals surface area contributed by atoms with Crippen molar-refractivity contribution >= 4 is 17.5 Å². The second-order valence-corrected chi connectivity index (χ2v) is 9.41. The zero-order valence-electron chi connectivity index (χ0n) is 17.9. The van der Waals surface area contributed by atoms with Crippen LogP contribution >= 0.6 is 11.6 Å². The molecule has 1 aromatic carbocycles. The van der Waals surface area contributed by atoms with Crippen molar-refractivity contribution < 1.29 is 22.7 Å². The second-order valence-electron chi connectivity index (χ2n) is 9.01. The fourth-order valence-electron chi connectivity index (χ4n) is 4.64. The van der Waals surface area contributed by atoms with Crippen LogP contribution < -0.4 is 4.74 Å². The van der Waals surface area contributed by atoms with Crippen LogP contribution in [0.4, 0.5) is 13.2 Å². The maximum atomic E-state index is 13.1. The molecule has 2 aliphatic heterocycles. The van der Waals surface area contributed by atoms with E-state index >= 15 is 0 Å². The second kappa shape index (κ2) is 8.76. The van der Waals surface area contributed by atoms with E-state index in [0.717, 1.165) is 24.7 Å². The molecule has 5 rings (SSSR count). The first-order valence-corrected chi connectivity index (χ1v) is 11.5. The van der Waals surface area contributed by atoms with Crippen LogP contribution in [0.2, 0.25) is 5.02 Å². The first kappa shape index (κ1) is 22.4. The summed E-state index contributed by atoms with van der Waals surface area (Å²) in [7, 11) is 0. The van der Waals surface area contributed by atoms with E-state index in [1.807, 2.05) is 0 Å². The van der Waals surface area contributed by atoms with E-state index in [0.29, 0.717) is 37.0 Å². The average molecular weight is 481 g/mol. The maximum absolute atomic E-state index is 13.1. The van der Waals surface area contributed by atoms with Gasteiger partial charge in [-0.25, -0.2) is 4.98 Å². The van der Waals surface area contributed by atoms with Crippen molar-refractivity contribution in [2.24, 2.45) is 0 Å². The van der Waals surface area contributed by atoms with Crippen LogP contribution in [0.25, 0.3) is 0 Å². The van der Waals surface area contributed by atoms with Gasteiger partial charge in [-0.3, -0.25) is 14.7 Å². The number of nitrogens with zero attached hydrogens (tertiary/aromatic N) is 4. The standard InChI is InChI=1S/C23H24ClF3N4O2/c24-19-4-1-14(7-18(19)23(25,26)27)8-22(32)31-6-5-30-13-17(9-16(30)12-31)33-21-11-28-20(10-29-21)15-2-3-15/h1,4,7,10-11,15-17H,2-3,5-6,8-9,12-13H2/t16-,17+/m0/s1. The van der Waals surface area contributed by atoms with Crippen molar-refractivity contribution in [1.29, 1.82) is 0 Å². The summed E-state index contributed by atoms with van der Waals surface area (Å²) in [5.74, 6) is 0.875. The molecule has 0 radical (unpaired) electrons. The summed E-state index contributed by atoms with van der Waals surface area (Å²) in [5.41, 5.74) is 0.409. The lowest BCUT2D eigenvalue weighted by Crippen LogP contribution is -2.52. The molecular weight excluding hydrogens is 457 g/mol. The van der Waals surface area contributed by atoms with Gasteiger partial charge < -0.3 is 9.64 Å². The number of alkyl halides is 3. The minimum atomic E-state index is -4.55. The van der Waals surface area contributed by atoms with E-state index in [4.69, 9.17) is 16.3 Å². The Morgan fingerprint density at radius 3 is 2.67 bits per heavy atom. The van der Waals surface area contributed by atoms with Crippen LogP contribution in [0.15, 0.2) is 30.6 Å². The number of carbonyl (C=O) groups excluding carboxylic acids is 1. The van der Waals surface area contributed by atoms with Gasteiger partial charge >= 0.3 is 6.18 Å². The average Bonchev–Trinajstić information content (AvgIpc) is 3.54. The van der Waals surface area contributed by atoms with Crippen molar-refractivity contribution in [3.8, 4) is 5.88 Å². The highest BCUT2D eigenvalue weighted by Gasteiger charge is 2.39. The molecule has 0 unspecified atom stereocenters. The largest absolute Gasteiger partial charge is 0.472 e.